The Hall–Kier alpha value is -1.50. The van der Waals surface area contributed by atoms with Gasteiger partial charge < -0.3 is 4.57 Å². The third-order valence-electron chi connectivity index (χ3n) is 2.89. The predicted molar refractivity (Wildman–Crippen MR) is 68.8 cm³/mol. The smallest absolute Gasteiger partial charge is 0.0470 e. The van der Waals surface area contributed by atoms with Gasteiger partial charge in [-0.1, -0.05) is 43.7 Å². The third-order valence-corrected chi connectivity index (χ3v) is 2.89. The van der Waals surface area contributed by atoms with Crippen LogP contribution in [0.25, 0.3) is 0 Å². The lowest BCUT2D eigenvalue weighted by Crippen LogP contribution is -1.96. The Balaban J connectivity index is 2.14. The fourth-order valence-electron chi connectivity index (χ4n) is 1.92. The quantitative estimate of drug-likeness (QED) is 0.727. The van der Waals surface area contributed by atoms with Crippen LogP contribution in [0.5, 0.6) is 0 Å². The summed E-state index contributed by atoms with van der Waals surface area (Å²) in [5, 5.41) is 0. The van der Waals surface area contributed by atoms with Crippen molar-refractivity contribution in [1.82, 2.24) is 4.57 Å². The molecule has 1 aromatic carbocycles. The zero-order valence-corrected chi connectivity index (χ0v) is 10.3. The summed E-state index contributed by atoms with van der Waals surface area (Å²) in [4.78, 5) is 0. The highest BCUT2D eigenvalue weighted by Gasteiger charge is 2.01. The van der Waals surface area contributed by atoms with Crippen LogP contribution in [0.3, 0.4) is 0 Å². The molecule has 0 fully saturated rings. The van der Waals surface area contributed by atoms with Gasteiger partial charge in [-0.15, -0.1) is 0 Å². The van der Waals surface area contributed by atoms with E-state index in [1.807, 2.05) is 0 Å². The number of hydrogen-bond donors (Lipinski definition) is 0. The van der Waals surface area contributed by atoms with Gasteiger partial charge in [-0.05, 0) is 30.0 Å². The molecule has 1 heterocycles. The molecule has 0 aliphatic rings. The molecule has 84 valence electrons. The number of aryl methyl sites for hydroxylation is 1. The van der Waals surface area contributed by atoms with Crippen LogP contribution in [0.2, 0.25) is 0 Å². The minimum Gasteiger partial charge on any atom is -0.350 e. The second kappa shape index (κ2) is 4.56. The van der Waals surface area contributed by atoms with Crippen LogP contribution in [0.1, 0.15) is 36.5 Å². The highest BCUT2D eigenvalue weighted by molar-refractivity contribution is 5.23. The van der Waals surface area contributed by atoms with Crippen LogP contribution in [-0.4, -0.2) is 4.57 Å². The summed E-state index contributed by atoms with van der Waals surface area (Å²) < 4.78 is 2.25. The number of rotatable bonds is 3. The second-order valence-corrected chi connectivity index (χ2v) is 4.76. The van der Waals surface area contributed by atoms with Crippen LogP contribution in [0, 0.1) is 6.92 Å². The van der Waals surface area contributed by atoms with Crippen molar-refractivity contribution in [2.45, 2.75) is 33.2 Å². The van der Waals surface area contributed by atoms with Crippen LogP contribution in [0.15, 0.2) is 42.7 Å². The molecule has 0 radical (unpaired) electrons. The summed E-state index contributed by atoms with van der Waals surface area (Å²) in [6.45, 7) is 7.56. The van der Waals surface area contributed by atoms with Crippen LogP contribution in [0.4, 0.5) is 0 Å². The maximum Gasteiger partial charge on any atom is 0.0470 e. The molecule has 0 atom stereocenters. The molecule has 0 aliphatic heterocycles. The minimum absolute atomic E-state index is 0.610. The molecule has 2 aromatic rings. The van der Waals surface area contributed by atoms with Crippen molar-refractivity contribution in [2.24, 2.45) is 0 Å². The maximum absolute atomic E-state index is 2.25. The molecule has 0 saturated heterocycles. The Morgan fingerprint density at radius 3 is 2.62 bits per heavy atom. The van der Waals surface area contributed by atoms with Gasteiger partial charge in [-0.2, -0.15) is 0 Å². The van der Waals surface area contributed by atoms with Crippen molar-refractivity contribution in [1.29, 1.82) is 0 Å². The van der Waals surface area contributed by atoms with E-state index in [2.05, 4.69) is 68.1 Å². The molecule has 0 aliphatic carbocycles. The van der Waals surface area contributed by atoms with Crippen LogP contribution in [-0.2, 0) is 6.54 Å². The molecule has 16 heavy (non-hydrogen) atoms. The first kappa shape index (κ1) is 11.0. The SMILES string of the molecule is Cc1cccc(Cn2ccc(C(C)C)c2)c1. The summed E-state index contributed by atoms with van der Waals surface area (Å²) in [5.74, 6) is 0.610. The van der Waals surface area contributed by atoms with E-state index in [1.165, 1.54) is 16.7 Å². The molecule has 1 heteroatoms. The lowest BCUT2D eigenvalue weighted by molar-refractivity contribution is 0.789. The molecular formula is C15H19N. The fraction of sp³-hybridized carbons (Fsp3) is 0.333. The topological polar surface area (TPSA) is 4.93 Å². The van der Waals surface area contributed by atoms with Crippen LogP contribution < -0.4 is 0 Å². The Morgan fingerprint density at radius 2 is 2.00 bits per heavy atom. The number of benzene rings is 1. The molecule has 2 rings (SSSR count). The summed E-state index contributed by atoms with van der Waals surface area (Å²) >= 11 is 0. The molecule has 0 unspecified atom stereocenters. The van der Waals surface area contributed by atoms with Crippen molar-refractivity contribution >= 4 is 0 Å². The number of hydrogen-bond acceptors (Lipinski definition) is 0. The first-order valence-electron chi connectivity index (χ1n) is 5.86. The lowest BCUT2D eigenvalue weighted by atomic mass is 10.1. The Kier molecular flexibility index (Phi) is 3.14. The van der Waals surface area contributed by atoms with Gasteiger partial charge in [0.05, 0.1) is 0 Å². The Labute approximate surface area is 97.7 Å². The van der Waals surface area contributed by atoms with E-state index < -0.39 is 0 Å². The van der Waals surface area contributed by atoms with Gasteiger partial charge in [0, 0.05) is 18.9 Å². The van der Waals surface area contributed by atoms with Crippen molar-refractivity contribution in [3.05, 3.63) is 59.4 Å². The summed E-state index contributed by atoms with van der Waals surface area (Å²) in [6, 6.07) is 10.9. The van der Waals surface area contributed by atoms with Gasteiger partial charge in [-0.25, -0.2) is 0 Å². The molecule has 1 nitrogen and oxygen atoms in total. The van der Waals surface area contributed by atoms with Gasteiger partial charge in [0.2, 0.25) is 0 Å². The fourth-order valence-corrected chi connectivity index (χ4v) is 1.92. The van der Waals surface area contributed by atoms with Gasteiger partial charge in [0.25, 0.3) is 0 Å². The maximum atomic E-state index is 2.25. The van der Waals surface area contributed by atoms with E-state index >= 15 is 0 Å². The number of nitrogens with zero attached hydrogens (tertiary/aromatic N) is 1. The normalized spacial score (nSPS) is 11.0. The Morgan fingerprint density at radius 1 is 1.19 bits per heavy atom. The van der Waals surface area contributed by atoms with Gasteiger partial charge in [-0.3, -0.25) is 0 Å². The van der Waals surface area contributed by atoms with E-state index in [4.69, 9.17) is 0 Å². The zero-order chi connectivity index (χ0) is 11.5. The van der Waals surface area contributed by atoms with Crippen molar-refractivity contribution in [3.8, 4) is 0 Å². The molecule has 1 aromatic heterocycles. The van der Waals surface area contributed by atoms with Gasteiger partial charge in [0.1, 0.15) is 0 Å². The second-order valence-electron chi connectivity index (χ2n) is 4.76. The summed E-state index contributed by atoms with van der Waals surface area (Å²) in [7, 11) is 0. The number of aromatic nitrogens is 1. The molecular weight excluding hydrogens is 194 g/mol. The van der Waals surface area contributed by atoms with Crippen LogP contribution >= 0.6 is 0 Å². The predicted octanol–water partition coefficient (Wildman–Crippen LogP) is 3.97. The lowest BCUT2D eigenvalue weighted by Gasteiger charge is -2.04. The van der Waals surface area contributed by atoms with E-state index in [-0.39, 0.29) is 0 Å². The van der Waals surface area contributed by atoms with Crippen molar-refractivity contribution in [3.63, 3.8) is 0 Å². The van der Waals surface area contributed by atoms with E-state index in [0.29, 0.717) is 5.92 Å². The largest absolute Gasteiger partial charge is 0.350 e. The molecule has 0 amide bonds. The molecule has 0 saturated carbocycles. The average molecular weight is 213 g/mol. The standard InChI is InChI=1S/C15H19N/c1-12(2)15-7-8-16(11-15)10-14-6-4-5-13(3)9-14/h4-9,11-12H,10H2,1-3H3. The average Bonchev–Trinajstić information content (AvgIpc) is 2.66. The molecule has 0 N–H and O–H groups in total. The first-order chi connectivity index (χ1) is 7.65. The van der Waals surface area contributed by atoms with Crippen molar-refractivity contribution in [2.75, 3.05) is 0 Å². The Bertz CT molecular complexity index is 466. The zero-order valence-electron chi connectivity index (χ0n) is 10.3. The summed E-state index contributed by atoms with van der Waals surface area (Å²) in [6.07, 6.45) is 4.41. The van der Waals surface area contributed by atoms with Gasteiger partial charge in [0.15, 0.2) is 0 Å². The van der Waals surface area contributed by atoms with E-state index in [9.17, 15) is 0 Å². The first-order valence-corrected chi connectivity index (χ1v) is 5.86. The molecule has 0 spiro atoms. The van der Waals surface area contributed by atoms with E-state index in [1.54, 1.807) is 0 Å². The highest BCUT2D eigenvalue weighted by Crippen LogP contribution is 2.15. The monoisotopic (exact) mass is 213 g/mol. The summed E-state index contributed by atoms with van der Waals surface area (Å²) in [5.41, 5.74) is 4.10. The third kappa shape index (κ3) is 2.54. The van der Waals surface area contributed by atoms with Crippen molar-refractivity contribution < 1.29 is 0 Å². The van der Waals surface area contributed by atoms with Gasteiger partial charge >= 0.3 is 0 Å². The highest BCUT2D eigenvalue weighted by atomic mass is 14.9. The minimum atomic E-state index is 0.610. The van der Waals surface area contributed by atoms with E-state index in [0.717, 1.165) is 6.54 Å². The molecule has 0 bridgehead atoms.